The minimum absolute atomic E-state index is 0.146. The number of aliphatic carboxylic acids is 1. The monoisotopic (exact) mass is 469 g/mol. The number of amides is 1. The van der Waals surface area contributed by atoms with Gasteiger partial charge in [-0.1, -0.05) is 6.07 Å². The molecule has 0 bridgehead atoms. The SMILES string of the molecule is N#CC1(C(=O)N[C@@H](CCOC2CC(CCc3ccc4c(n3)CCCC4)C2)C(=O)O)CCOCC1. The number of rotatable bonds is 10. The maximum Gasteiger partial charge on any atom is 0.326 e. The van der Waals surface area contributed by atoms with Gasteiger partial charge in [-0.25, -0.2) is 4.79 Å². The Kier molecular flexibility index (Phi) is 8.17. The Morgan fingerprint density at radius 1 is 1.26 bits per heavy atom. The molecule has 1 amide bonds. The summed E-state index contributed by atoms with van der Waals surface area (Å²) in [7, 11) is 0. The molecule has 8 heteroatoms. The largest absolute Gasteiger partial charge is 0.480 e. The van der Waals surface area contributed by atoms with Crippen LogP contribution in [0, 0.1) is 22.7 Å². The van der Waals surface area contributed by atoms with E-state index in [2.05, 4.69) is 23.5 Å². The predicted molar refractivity (Wildman–Crippen MR) is 124 cm³/mol. The zero-order valence-electron chi connectivity index (χ0n) is 19.8. The first-order valence-corrected chi connectivity index (χ1v) is 12.6. The maximum absolute atomic E-state index is 12.6. The zero-order chi connectivity index (χ0) is 24.0. The lowest BCUT2D eigenvalue weighted by atomic mass is 9.79. The Hall–Kier alpha value is -2.50. The molecule has 34 heavy (non-hydrogen) atoms. The summed E-state index contributed by atoms with van der Waals surface area (Å²) in [5.41, 5.74) is 2.68. The van der Waals surface area contributed by atoms with Gasteiger partial charge in [0.1, 0.15) is 11.5 Å². The van der Waals surface area contributed by atoms with E-state index in [1.165, 1.54) is 29.8 Å². The molecule has 184 valence electrons. The highest BCUT2D eigenvalue weighted by atomic mass is 16.5. The summed E-state index contributed by atoms with van der Waals surface area (Å²) in [6.45, 7) is 0.921. The molecule has 0 unspecified atom stereocenters. The molecule has 2 heterocycles. The van der Waals surface area contributed by atoms with Gasteiger partial charge in [0.25, 0.3) is 0 Å². The molecule has 8 nitrogen and oxygen atoms in total. The van der Waals surface area contributed by atoms with Crippen molar-refractivity contribution in [2.45, 2.75) is 82.8 Å². The van der Waals surface area contributed by atoms with Gasteiger partial charge in [0.05, 0.1) is 12.2 Å². The summed E-state index contributed by atoms with van der Waals surface area (Å²) < 4.78 is 11.1. The molecule has 1 atom stereocenters. The van der Waals surface area contributed by atoms with Crippen molar-refractivity contribution >= 4 is 11.9 Å². The molecule has 0 radical (unpaired) electrons. The van der Waals surface area contributed by atoms with E-state index < -0.39 is 23.3 Å². The highest BCUT2D eigenvalue weighted by Crippen LogP contribution is 2.34. The van der Waals surface area contributed by atoms with E-state index in [4.69, 9.17) is 14.5 Å². The molecular weight excluding hydrogens is 434 g/mol. The van der Waals surface area contributed by atoms with E-state index in [0.29, 0.717) is 19.1 Å². The van der Waals surface area contributed by atoms with Crippen molar-refractivity contribution in [1.82, 2.24) is 10.3 Å². The number of hydrogen-bond donors (Lipinski definition) is 2. The number of carbonyl (C=O) groups excluding carboxylic acids is 1. The number of nitriles is 1. The molecule has 4 rings (SSSR count). The Balaban J connectivity index is 1.15. The van der Waals surface area contributed by atoms with Gasteiger partial charge in [-0.15, -0.1) is 0 Å². The quantitative estimate of drug-likeness (QED) is 0.540. The summed E-state index contributed by atoms with van der Waals surface area (Å²) in [4.78, 5) is 29.2. The van der Waals surface area contributed by atoms with Gasteiger partial charge in [-0.05, 0) is 81.8 Å². The summed E-state index contributed by atoms with van der Waals surface area (Å²) in [5.74, 6) is -1.02. The molecule has 1 aromatic rings. The Morgan fingerprint density at radius 2 is 2.03 bits per heavy atom. The topological polar surface area (TPSA) is 122 Å². The number of nitrogens with one attached hydrogen (secondary N) is 1. The van der Waals surface area contributed by atoms with Crippen molar-refractivity contribution in [3.63, 3.8) is 0 Å². The second-order valence-electron chi connectivity index (χ2n) is 9.94. The van der Waals surface area contributed by atoms with Crippen LogP contribution in [0.4, 0.5) is 0 Å². The first kappa shape index (κ1) is 24.6. The van der Waals surface area contributed by atoms with Gasteiger partial charge in [0, 0.05) is 37.6 Å². The Morgan fingerprint density at radius 3 is 2.76 bits per heavy atom. The molecule has 3 aliphatic rings. The third-order valence-electron chi connectivity index (χ3n) is 7.60. The van der Waals surface area contributed by atoms with Crippen LogP contribution in [0.5, 0.6) is 0 Å². The number of carboxylic acid groups (broad SMARTS) is 1. The van der Waals surface area contributed by atoms with Crippen LogP contribution >= 0.6 is 0 Å². The molecule has 2 N–H and O–H groups in total. The van der Waals surface area contributed by atoms with Gasteiger partial charge in [0.2, 0.25) is 5.91 Å². The van der Waals surface area contributed by atoms with Crippen molar-refractivity contribution in [2.75, 3.05) is 19.8 Å². The second kappa shape index (κ2) is 11.3. The lowest BCUT2D eigenvalue weighted by Gasteiger charge is -2.35. The zero-order valence-corrected chi connectivity index (χ0v) is 19.8. The van der Waals surface area contributed by atoms with Crippen LogP contribution in [0.15, 0.2) is 12.1 Å². The fourth-order valence-electron chi connectivity index (χ4n) is 5.18. The van der Waals surface area contributed by atoms with E-state index in [-0.39, 0.29) is 32.0 Å². The average Bonchev–Trinajstić information content (AvgIpc) is 2.84. The lowest BCUT2D eigenvalue weighted by Crippen LogP contribution is -2.50. The van der Waals surface area contributed by atoms with Crippen molar-refractivity contribution in [1.29, 1.82) is 5.26 Å². The van der Waals surface area contributed by atoms with E-state index in [9.17, 15) is 20.0 Å². The summed E-state index contributed by atoms with van der Waals surface area (Å²) in [5, 5.41) is 21.6. The van der Waals surface area contributed by atoms with Crippen molar-refractivity contribution in [2.24, 2.45) is 11.3 Å². The minimum Gasteiger partial charge on any atom is -0.480 e. The van der Waals surface area contributed by atoms with Gasteiger partial charge >= 0.3 is 5.97 Å². The third kappa shape index (κ3) is 5.94. The number of aryl methyl sites for hydroxylation is 3. The second-order valence-corrected chi connectivity index (χ2v) is 9.94. The number of hydrogen-bond acceptors (Lipinski definition) is 6. The van der Waals surface area contributed by atoms with Crippen LogP contribution < -0.4 is 5.32 Å². The third-order valence-corrected chi connectivity index (χ3v) is 7.60. The fraction of sp³-hybridized carbons (Fsp3) is 0.692. The van der Waals surface area contributed by atoms with Crippen LogP contribution in [0.1, 0.15) is 68.3 Å². The van der Waals surface area contributed by atoms with E-state index >= 15 is 0 Å². The molecular formula is C26H35N3O5. The number of fused-ring (bicyclic) bond motifs is 1. The first-order valence-electron chi connectivity index (χ1n) is 12.6. The predicted octanol–water partition coefficient (Wildman–Crippen LogP) is 2.97. The number of pyridine rings is 1. The Labute approximate surface area is 201 Å². The Bertz CT molecular complexity index is 916. The molecule has 0 spiro atoms. The smallest absolute Gasteiger partial charge is 0.326 e. The lowest BCUT2D eigenvalue weighted by molar-refractivity contribution is -0.145. The average molecular weight is 470 g/mol. The van der Waals surface area contributed by atoms with Gasteiger partial charge in [-0.2, -0.15) is 5.26 Å². The van der Waals surface area contributed by atoms with Crippen LogP contribution in [0.2, 0.25) is 0 Å². The number of carboxylic acids is 1. The number of ether oxygens (including phenoxy) is 2. The van der Waals surface area contributed by atoms with Gasteiger partial charge in [0.15, 0.2) is 0 Å². The van der Waals surface area contributed by atoms with Crippen LogP contribution in [-0.4, -0.2) is 53.9 Å². The first-order chi connectivity index (χ1) is 16.5. The van der Waals surface area contributed by atoms with Crippen molar-refractivity contribution in [3.8, 4) is 6.07 Å². The van der Waals surface area contributed by atoms with Gasteiger partial charge < -0.3 is 19.9 Å². The van der Waals surface area contributed by atoms with Crippen molar-refractivity contribution in [3.05, 3.63) is 29.1 Å². The summed E-state index contributed by atoms with van der Waals surface area (Å²) in [6, 6.07) is 5.44. The van der Waals surface area contributed by atoms with Crippen LogP contribution in [0.25, 0.3) is 0 Å². The minimum atomic E-state index is -1.21. The van der Waals surface area contributed by atoms with E-state index in [0.717, 1.165) is 38.5 Å². The molecule has 1 saturated heterocycles. The molecule has 1 aliphatic heterocycles. The maximum atomic E-state index is 12.6. The molecule has 1 aromatic heterocycles. The molecule has 2 aliphatic carbocycles. The number of aromatic nitrogens is 1. The standard InChI is InChI=1S/C26H35N3O5/c27-17-26(10-13-33-14-11-26)25(32)29-23(24(30)31)9-12-34-21-15-18(16-21)5-7-20-8-6-19-3-1-2-4-22(19)28-20/h6,8,18,21,23H,1-5,7,9-16H2,(H,29,32)(H,30,31)/t18?,21?,23-/m0/s1. The molecule has 0 aromatic carbocycles. The van der Waals surface area contributed by atoms with E-state index in [1.54, 1.807) is 0 Å². The molecule has 2 fully saturated rings. The normalized spacial score (nSPS) is 24.2. The summed E-state index contributed by atoms with van der Waals surface area (Å²) >= 11 is 0. The number of nitrogens with zero attached hydrogens (tertiary/aromatic N) is 2. The van der Waals surface area contributed by atoms with Crippen LogP contribution in [0.3, 0.4) is 0 Å². The van der Waals surface area contributed by atoms with Gasteiger partial charge in [-0.3, -0.25) is 9.78 Å². The molecule has 1 saturated carbocycles. The highest BCUT2D eigenvalue weighted by Gasteiger charge is 2.42. The summed E-state index contributed by atoms with van der Waals surface area (Å²) in [6.07, 6.45) is 9.70. The van der Waals surface area contributed by atoms with Crippen LogP contribution in [-0.2, 0) is 38.3 Å². The fourth-order valence-corrected chi connectivity index (χ4v) is 5.18. The van der Waals surface area contributed by atoms with Crippen molar-refractivity contribution < 1.29 is 24.2 Å². The van der Waals surface area contributed by atoms with E-state index in [1.807, 2.05) is 0 Å². The number of carbonyl (C=O) groups is 2. The highest BCUT2D eigenvalue weighted by molar-refractivity contribution is 5.89.